The minimum absolute atomic E-state index is 0.216. The molecule has 1 N–H and O–H groups in total. The van der Waals surface area contributed by atoms with Gasteiger partial charge in [-0.2, -0.15) is 0 Å². The van der Waals surface area contributed by atoms with Gasteiger partial charge in [-0.1, -0.05) is 38.0 Å². The lowest BCUT2D eigenvalue weighted by Gasteiger charge is -2.20. The van der Waals surface area contributed by atoms with Gasteiger partial charge in [0.1, 0.15) is 0 Å². The molecular formula is C23H28N4O2. The van der Waals surface area contributed by atoms with Crippen molar-refractivity contribution >= 4 is 23.0 Å². The summed E-state index contributed by atoms with van der Waals surface area (Å²) in [5, 5.41) is 2.91. The van der Waals surface area contributed by atoms with Crippen molar-refractivity contribution in [1.82, 2.24) is 14.7 Å². The molecule has 0 aliphatic carbocycles. The molecule has 6 heteroatoms. The molecule has 6 nitrogen and oxygen atoms in total. The number of unbranched alkanes of at least 4 members (excludes halogenated alkanes) is 2. The first-order chi connectivity index (χ1) is 14.1. The Kier molecular flexibility index (Phi) is 6.65. The number of benzene rings is 1. The highest BCUT2D eigenvalue weighted by Gasteiger charge is 2.25. The Bertz CT molecular complexity index is 1010. The summed E-state index contributed by atoms with van der Waals surface area (Å²) in [5.41, 5.74) is 2.81. The van der Waals surface area contributed by atoms with Crippen molar-refractivity contribution in [2.24, 2.45) is 0 Å². The second kappa shape index (κ2) is 9.37. The molecule has 0 radical (unpaired) electrons. The van der Waals surface area contributed by atoms with Crippen molar-refractivity contribution < 1.29 is 9.59 Å². The van der Waals surface area contributed by atoms with E-state index in [1.54, 1.807) is 15.5 Å². The monoisotopic (exact) mass is 392 g/mol. The summed E-state index contributed by atoms with van der Waals surface area (Å²) < 4.78 is 1.69. The maximum atomic E-state index is 13.4. The maximum absolute atomic E-state index is 13.4. The molecule has 0 saturated carbocycles. The van der Waals surface area contributed by atoms with Gasteiger partial charge < -0.3 is 10.2 Å². The summed E-state index contributed by atoms with van der Waals surface area (Å²) in [6.07, 6.45) is 4.85. The number of pyridine rings is 1. The second-order valence-electron chi connectivity index (χ2n) is 7.09. The van der Waals surface area contributed by atoms with Crippen LogP contribution in [0.2, 0.25) is 0 Å². The number of fused-ring (bicyclic) bond motifs is 1. The average molecular weight is 393 g/mol. The van der Waals surface area contributed by atoms with Crippen molar-refractivity contribution in [2.75, 3.05) is 18.0 Å². The topological polar surface area (TPSA) is 66.7 Å². The molecule has 2 amide bonds. The van der Waals surface area contributed by atoms with Crippen LogP contribution >= 0.6 is 0 Å². The number of carbonyl (C=O) groups excluding carboxylic acids is 2. The number of nitrogens with one attached hydrogen (secondary N) is 1. The third-order valence-corrected chi connectivity index (χ3v) is 4.89. The first kappa shape index (κ1) is 20.6. The molecule has 2 heterocycles. The summed E-state index contributed by atoms with van der Waals surface area (Å²) in [5.74, 6) is -0.243. The van der Waals surface area contributed by atoms with Crippen LogP contribution in [0.1, 0.15) is 59.8 Å². The van der Waals surface area contributed by atoms with Gasteiger partial charge in [-0.3, -0.25) is 14.0 Å². The molecule has 0 saturated heterocycles. The van der Waals surface area contributed by atoms with Crippen LogP contribution in [0.25, 0.3) is 5.52 Å². The zero-order chi connectivity index (χ0) is 20.8. The molecule has 3 rings (SSSR count). The molecule has 3 aromatic rings. The van der Waals surface area contributed by atoms with E-state index < -0.39 is 0 Å². The van der Waals surface area contributed by atoms with Crippen molar-refractivity contribution in [2.45, 2.75) is 40.0 Å². The number of aromatic nitrogens is 2. The highest BCUT2D eigenvalue weighted by atomic mass is 16.2. The predicted molar refractivity (Wildman–Crippen MR) is 116 cm³/mol. The molecule has 2 aromatic heterocycles. The van der Waals surface area contributed by atoms with E-state index in [0.29, 0.717) is 18.6 Å². The number of rotatable bonds is 8. The van der Waals surface area contributed by atoms with E-state index in [1.165, 1.54) is 0 Å². The molecule has 0 unspecified atom stereocenters. The molecule has 0 bridgehead atoms. The number of hydrogen-bond acceptors (Lipinski definition) is 3. The standard InChI is InChI=1S/C23H28N4O2/c1-4-6-8-14-24-22(28)21-25-20(19-13-7-9-15-27(19)21)23(29)26(5-2)18-12-10-11-17(3)16-18/h7,9-13,15-16H,4-6,8,14H2,1-3H3,(H,24,28). The Morgan fingerprint density at radius 3 is 2.66 bits per heavy atom. The zero-order valence-corrected chi connectivity index (χ0v) is 17.3. The van der Waals surface area contributed by atoms with Crippen LogP contribution in [0.3, 0.4) is 0 Å². The number of amides is 2. The normalized spacial score (nSPS) is 10.9. The number of carbonyl (C=O) groups is 2. The fourth-order valence-corrected chi connectivity index (χ4v) is 3.38. The van der Waals surface area contributed by atoms with Gasteiger partial charge in [0.05, 0.1) is 5.52 Å². The molecule has 0 fully saturated rings. The highest BCUT2D eigenvalue weighted by Crippen LogP contribution is 2.21. The number of nitrogens with zero attached hydrogens (tertiary/aromatic N) is 3. The Labute approximate surface area is 171 Å². The van der Waals surface area contributed by atoms with Crippen molar-refractivity contribution in [3.63, 3.8) is 0 Å². The fraction of sp³-hybridized carbons (Fsp3) is 0.348. The van der Waals surface area contributed by atoms with Crippen LogP contribution in [0, 0.1) is 6.92 Å². The minimum Gasteiger partial charge on any atom is -0.349 e. The Balaban J connectivity index is 1.95. The number of imidazole rings is 1. The fourth-order valence-electron chi connectivity index (χ4n) is 3.38. The highest BCUT2D eigenvalue weighted by molar-refractivity contribution is 6.10. The lowest BCUT2D eigenvalue weighted by molar-refractivity contribution is 0.0942. The lowest BCUT2D eigenvalue weighted by Crippen LogP contribution is -2.31. The van der Waals surface area contributed by atoms with Gasteiger partial charge >= 0.3 is 0 Å². The van der Waals surface area contributed by atoms with Gasteiger partial charge in [-0.05, 0) is 50.1 Å². The molecular weight excluding hydrogens is 364 g/mol. The van der Waals surface area contributed by atoms with E-state index in [1.807, 2.05) is 56.3 Å². The zero-order valence-electron chi connectivity index (χ0n) is 17.3. The first-order valence-corrected chi connectivity index (χ1v) is 10.2. The van der Waals surface area contributed by atoms with Gasteiger partial charge in [-0.15, -0.1) is 0 Å². The van der Waals surface area contributed by atoms with E-state index >= 15 is 0 Å². The number of hydrogen-bond donors (Lipinski definition) is 1. The Hall–Kier alpha value is -3.15. The summed E-state index contributed by atoms with van der Waals surface area (Å²) in [4.78, 5) is 32.2. The van der Waals surface area contributed by atoms with Crippen molar-refractivity contribution in [3.8, 4) is 0 Å². The van der Waals surface area contributed by atoms with Gasteiger partial charge in [0, 0.05) is 25.0 Å². The molecule has 1 aromatic carbocycles. The maximum Gasteiger partial charge on any atom is 0.287 e. The molecule has 0 spiro atoms. The Morgan fingerprint density at radius 1 is 1.10 bits per heavy atom. The molecule has 0 aliphatic rings. The largest absolute Gasteiger partial charge is 0.349 e. The van der Waals surface area contributed by atoms with Crippen LogP contribution < -0.4 is 10.2 Å². The lowest BCUT2D eigenvalue weighted by atomic mass is 10.2. The van der Waals surface area contributed by atoms with Crippen molar-refractivity contribution in [3.05, 3.63) is 65.7 Å². The Morgan fingerprint density at radius 2 is 1.93 bits per heavy atom. The van der Waals surface area contributed by atoms with E-state index in [0.717, 1.165) is 30.5 Å². The second-order valence-corrected chi connectivity index (χ2v) is 7.09. The molecule has 152 valence electrons. The first-order valence-electron chi connectivity index (χ1n) is 10.2. The third-order valence-electron chi connectivity index (χ3n) is 4.89. The third kappa shape index (κ3) is 4.47. The van der Waals surface area contributed by atoms with Gasteiger partial charge in [0.15, 0.2) is 5.69 Å². The van der Waals surface area contributed by atoms with Gasteiger partial charge in [-0.25, -0.2) is 4.98 Å². The minimum atomic E-state index is -0.264. The predicted octanol–water partition coefficient (Wildman–Crippen LogP) is 4.23. The van der Waals surface area contributed by atoms with Crippen molar-refractivity contribution in [1.29, 1.82) is 0 Å². The van der Waals surface area contributed by atoms with Crippen LogP contribution in [-0.4, -0.2) is 34.3 Å². The molecule has 29 heavy (non-hydrogen) atoms. The van der Waals surface area contributed by atoms with E-state index in [4.69, 9.17) is 0 Å². The van der Waals surface area contributed by atoms with E-state index in [-0.39, 0.29) is 23.3 Å². The summed E-state index contributed by atoms with van der Waals surface area (Å²) in [7, 11) is 0. The summed E-state index contributed by atoms with van der Waals surface area (Å²) in [6.45, 7) is 7.15. The van der Waals surface area contributed by atoms with Crippen LogP contribution in [0.4, 0.5) is 5.69 Å². The summed E-state index contributed by atoms with van der Waals surface area (Å²) in [6, 6.07) is 13.3. The number of anilines is 1. The molecule has 0 atom stereocenters. The quantitative estimate of drug-likeness (QED) is 0.584. The van der Waals surface area contributed by atoms with Crippen LogP contribution in [0.15, 0.2) is 48.7 Å². The summed E-state index contributed by atoms with van der Waals surface area (Å²) >= 11 is 0. The van der Waals surface area contributed by atoms with Crippen LogP contribution in [0.5, 0.6) is 0 Å². The SMILES string of the molecule is CCCCCNC(=O)c1nc(C(=O)N(CC)c2cccc(C)c2)c2ccccn12. The van der Waals surface area contributed by atoms with E-state index in [2.05, 4.69) is 17.2 Å². The average Bonchev–Trinajstić information content (AvgIpc) is 3.11. The van der Waals surface area contributed by atoms with E-state index in [9.17, 15) is 9.59 Å². The molecule has 0 aliphatic heterocycles. The number of aryl methyl sites for hydroxylation is 1. The van der Waals surface area contributed by atoms with Crippen LogP contribution in [-0.2, 0) is 0 Å². The van der Waals surface area contributed by atoms with Gasteiger partial charge in [0.2, 0.25) is 5.82 Å². The van der Waals surface area contributed by atoms with Gasteiger partial charge in [0.25, 0.3) is 11.8 Å². The smallest absolute Gasteiger partial charge is 0.287 e.